The van der Waals surface area contributed by atoms with Crippen LogP contribution in [0.3, 0.4) is 0 Å². The molecule has 0 spiro atoms. The van der Waals surface area contributed by atoms with Gasteiger partial charge in [-0.05, 0) is 16.8 Å². The Hall–Kier alpha value is -1.86. The van der Waals surface area contributed by atoms with E-state index in [-0.39, 0.29) is 0 Å². The Bertz CT molecular complexity index is 732. The van der Waals surface area contributed by atoms with Crippen LogP contribution in [0.4, 0.5) is 0 Å². The lowest BCUT2D eigenvalue weighted by atomic mass is 10.0. The van der Waals surface area contributed by atoms with Crippen molar-refractivity contribution in [2.24, 2.45) is 0 Å². The van der Waals surface area contributed by atoms with Gasteiger partial charge in [-0.25, -0.2) is 0 Å². The first-order chi connectivity index (χ1) is 8.35. The van der Waals surface area contributed by atoms with E-state index in [0.717, 1.165) is 0 Å². The van der Waals surface area contributed by atoms with Crippen LogP contribution in [0.25, 0.3) is 33.0 Å². The SMILES string of the molecule is C=Cc1sc2ccc3ccccc3c2c1C=C. The minimum atomic E-state index is 1.20. The Morgan fingerprint density at radius 3 is 2.53 bits per heavy atom. The molecular weight excluding hydrogens is 224 g/mol. The highest BCUT2D eigenvalue weighted by Crippen LogP contribution is 2.37. The average Bonchev–Trinajstić information content (AvgIpc) is 2.76. The van der Waals surface area contributed by atoms with Gasteiger partial charge in [0, 0.05) is 20.5 Å². The third-order valence-corrected chi connectivity index (χ3v) is 4.20. The smallest absolute Gasteiger partial charge is 0.0361 e. The van der Waals surface area contributed by atoms with E-state index in [9.17, 15) is 0 Å². The van der Waals surface area contributed by atoms with Gasteiger partial charge in [0.25, 0.3) is 0 Å². The normalized spacial score (nSPS) is 10.8. The summed E-state index contributed by atoms with van der Waals surface area (Å²) in [5.74, 6) is 0. The predicted molar refractivity (Wildman–Crippen MR) is 79.5 cm³/mol. The highest BCUT2D eigenvalue weighted by atomic mass is 32.1. The molecule has 2 aromatic carbocycles. The zero-order chi connectivity index (χ0) is 11.8. The second kappa shape index (κ2) is 3.86. The van der Waals surface area contributed by atoms with Crippen LogP contribution in [0.5, 0.6) is 0 Å². The van der Waals surface area contributed by atoms with Crippen LogP contribution in [-0.4, -0.2) is 0 Å². The van der Waals surface area contributed by atoms with E-state index in [2.05, 4.69) is 49.6 Å². The minimum Gasteiger partial charge on any atom is -0.135 e. The number of thiophene rings is 1. The van der Waals surface area contributed by atoms with E-state index in [0.29, 0.717) is 0 Å². The molecule has 0 fully saturated rings. The second-order valence-corrected chi connectivity index (χ2v) is 5.03. The molecule has 3 aromatic rings. The van der Waals surface area contributed by atoms with Gasteiger partial charge in [0.2, 0.25) is 0 Å². The van der Waals surface area contributed by atoms with Gasteiger partial charge in [-0.15, -0.1) is 11.3 Å². The standard InChI is InChI=1S/C16H12S/c1-3-12-14(4-2)17-15-10-9-11-7-5-6-8-13(11)16(12)15/h3-10H,1-2H2. The Kier molecular flexibility index (Phi) is 2.34. The second-order valence-electron chi connectivity index (χ2n) is 3.95. The summed E-state index contributed by atoms with van der Waals surface area (Å²) in [6.07, 6.45) is 3.85. The highest BCUT2D eigenvalue weighted by molar-refractivity contribution is 7.20. The minimum absolute atomic E-state index is 1.20. The zero-order valence-electron chi connectivity index (χ0n) is 9.44. The Morgan fingerprint density at radius 2 is 1.76 bits per heavy atom. The summed E-state index contributed by atoms with van der Waals surface area (Å²) < 4.78 is 1.30. The maximum Gasteiger partial charge on any atom is 0.0361 e. The molecule has 3 rings (SSSR count). The lowest BCUT2D eigenvalue weighted by Crippen LogP contribution is -1.76. The molecule has 1 heteroatoms. The molecule has 0 aliphatic heterocycles. The number of fused-ring (bicyclic) bond motifs is 3. The average molecular weight is 236 g/mol. The quantitative estimate of drug-likeness (QED) is 0.563. The van der Waals surface area contributed by atoms with Crippen molar-refractivity contribution in [3.05, 3.63) is 60.0 Å². The summed E-state index contributed by atoms with van der Waals surface area (Å²) in [6, 6.07) is 12.8. The van der Waals surface area contributed by atoms with Gasteiger partial charge >= 0.3 is 0 Å². The molecule has 0 saturated carbocycles. The lowest BCUT2D eigenvalue weighted by molar-refractivity contribution is 1.80. The summed E-state index contributed by atoms with van der Waals surface area (Å²) in [7, 11) is 0. The molecule has 0 nitrogen and oxygen atoms in total. The molecule has 1 heterocycles. The van der Waals surface area contributed by atoms with Crippen molar-refractivity contribution < 1.29 is 0 Å². The third kappa shape index (κ3) is 1.43. The van der Waals surface area contributed by atoms with Crippen LogP contribution < -0.4 is 0 Å². The Labute approximate surface area is 105 Å². The molecule has 0 amide bonds. The number of hydrogen-bond acceptors (Lipinski definition) is 1. The van der Waals surface area contributed by atoms with Gasteiger partial charge in [0.05, 0.1) is 0 Å². The van der Waals surface area contributed by atoms with Crippen LogP contribution in [0.1, 0.15) is 10.4 Å². The molecule has 0 atom stereocenters. The van der Waals surface area contributed by atoms with Crippen molar-refractivity contribution in [1.82, 2.24) is 0 Å². The monoisotopic (exact) mass is 236 g/mol. The summed E-state index contributed by atoms with van der Waals surface area (Å²) in [5, 5.41) is 3.87. The van der Waals surface area contributed by atoms with Crippen molar-refractivity contribution >= 4 is 44.3 Å². The van der Waals surface area contributed by atoms with Gasteiger partial charge < -0.3 is 0 Å². The van der Waals surface area contributed by atoms with Crippen molar-refractivity contribution in [3.63, 3.8) is 0 Å². The summed E-state index contributed by atoms with van der Waals surface area (Å²) >= 11 is 1.77. The van der Waals surface area contributed by atoms with E-state index in [1.165, 1.54) is 31.3 Å². The van der Waals surface area contributed by atoms with E-state index in [1.807, 2.05) is 12.2 Å². The predicted octanol–water partition coefficient (Wildman–Crippen LogP) is 5.34. The Balaban J connectivity index is 2.60. The van der Waals surface area contributed by atoms with E-state index in [4.69, 9.17) is 0 Å². The van der Waals surface area contributed by atoms with Gasteiger partial charge in [0.1, 0.15) is 0 Å². The van der Waals surface area contributed by atoms with Crippen LogP contribution >= 0.6 is 11.3 Å². The number of rotatable bonds is 2. The van der Waals surface area contributed by atoms with Gasteiger partial charge in [0.15, 0.2) is 0 Å². The molecular formula is C16H12S. The molecule has 1 aromatic heterocycles. The van der Waals surface area contributed by atoms with E-state index < -0.39 is 0 Å². The molecule has 0 aliphatic rings. The first kappa shape index (κ1) is 10.3. The van der Waals surface area contributed by atoms with Crippen LogP contribution in [0.15, 0.2) is 49.6 Å². The maximum atomic E-state index is 3.93. The van der Waals surface area contributed by atoms with Crippen LogP contribution in [-0.2, 0) is 0 Å². The van der Waals surface area contributed by atoms with Crippen LogP contribution in [0.2, 0.25) is 0 Å². The number of benzene rings is 2. The third-order valence-electron chi connectivity index (χ3n) is 3.04. The van der Waals surface area contributed by atoms with E-state index in [1.54, 1.807) is 11.3 Å². The maximum absolute atomic E-state index is 3.93. The first-order valence-corrected chi connectivity index (χ1v) is 6.36. The summed E-state index contributed by atoms with van der Waals surface area (Å²) in [4.78, 5) is 1.20. The summed E-state index contributed by atoms with van der Waals surface area (Å²) in [6.45, 7) is 7.81. The zero-order valence-corrected chi connectivity index (χ0v) is 10.3. The highest BCUT2D eigenvalue weighted by Gasteiger charge is 2.09. The van der Waals surface area contributed by atoms with E-state index >= 15 is 0 Å². The van der Waals surface area contributed by atoms with Crippen molar-refractivity contribution in [1.29, 1.82) is 0 Å². The Morgan fingerprint density at radius 1 is 0.941 bits per heavy atom. The fourth-order valence-corrected chi connectivity index (χ4v) is 3.34. The molecule has 17 heavy (non-hydrogen) atoms. The molecule has 0 unspecified atom stereocenters. The van der Waals surface area contributed by atoms with Gasteiger partial charge in [-0.2, -0.15) is 0 Å². The van der Waals surface area contributed by atoms with Gasteiger partial charge in [-0.1, -0.05) is 55.6 Å². The summed E-state index contributed by atoms with van der Waals surface area (Å²) in [5.41, 5.74) is 1.21. The van der Waals surface area contributed by atoms with Crippen molar-refractivity contribution in [2.75, 3.05) is 0 Å². The van der Waals surface area contributed by atoms with Crippen molar-refractivity contribution in [2.45, 2.75) is 0 Å². The molecule has 0 saturated heterocycles. The fraction of sp³-hybridized carbons (Fsp3) is 0. The topological polar surface area (TPSA) is 0 Å². The molecule has 0 N–H and O–H groups in total. The molecule has 0 radical (unpaired) electrons. The largest absolute Gasteiger partial charge is 0.135 e. The molecule has 0 bridgehead atoms. The fourth-order valence-electron chi connectivity index (χ4n) is 2.27. The molecule has 0 aliphatic carbocycles. The first-order valence-electron chi connectivity index (χ1n) is 5.54. The van der Waals surface area contributed by atoms with Gasteiger partial charge in [-0.3, -0.25) is 0 Å². The number of hydrogen-bond donors (Lipinski definition) is 0. The van der Waals surface area contributed by atoms with Crippen LogP contribution in [0, 0.1) is 0 Å². The lowest BCUT2D eigenvalue weighted by Gasteiger charge is -2.00. The molecule has 82 valence electrons. The van der Waals surface area contributed by atoms with Crippen molar-refractivity contribution in [3.8, 4) is 0 Å².